The van der Waals surface area contributed by atoms with Gasteiger partial charge in [0.25, 0.3) is 5.91 Å². The second-order valence-corrected chi connectivity index (χ2v) is 6.57. The number of aromatic nitrogens is 3. The second-order valence-electron chi connectivity index (χ2n) is 6.57. The van der Waals surface area contributed by atoms with Crippen LogP contribution in [0.2, 0.25) is 0 Å². The minimum absolute atomic E-state index is 0.0682. The van der Waals surface area contributed by atoms with E-state index in [2.05, 4.69) is 15.4 Å². The van der Waals surface area contributed by atoms with Crippen molar-refractivity contribution in [2.75, 3.05) is 11.9 Å². The molecule has 1 amide bonds. The smallest absolute Gasteiger partial charge is 0.339 e. The molecule has 0 atom stereocenters. The number of anilines is 1. The number of nitrogens with one attached hydrogen (secondary N) is 1. The molecule has 9 heteroatoms. The van der Waals surface area contributed by atoms with Crippen LogP contribution in [0.4, 0.5) is 14.6 Å². The molecule has 0 aliphatic heterocycles. The minimum Gasteiger partial charge on any atom is -0.462 e. The van der Waals surface area contributed by atoms with E-state index in [4.69, 9.17) is 4.74 Å². The molecule has 0 radical (unpaired) electrons. The number of rotatable bonds is 6. The fourth-order valence-electron chi connectivity index (χ4n) is 2.87. The number of benzene rings is 1. The highest BCUT2D eigenvalue weighted by Gasteiger charge is 2.18. The summed E-state index contributed by atoms with van der Waals surface area (Å²) in [7, 11) is 0. The highest BCUT2D eigenvalue weighted by atomic mass is 19.1. The average molecular weight is 414 g/mol. The van der Waals surface area contributed by atoms with Gasteiger partial charge in [0.15, 0.2) is 0 Å². The van der Waals surface area contributed by atoms with E-state index in [1.54, 1.807) is 20.8 Å². The summed E-state index contributed by atoms with van der Waals surface area (Å²) in [6.45, 7) is 5.19. The van der Waals surface area contributed by atoms with E-state index in [0.717, 1.165) is 18.2 Å². The summed E-state index contributed by atoms with van der Waals surface area (Å²) in [6, 6.07) is 6.04. The number of pyridine rings is 1. The first kappa shape index (κ1) is 21.1. The second kappa shape index (κ2) is 8.81. The Morgan fingerprint density at radius 1 is 1.17 bits per heavy atom. The maximum Gasteiger partial charge on any atom is 0.339 e. The number of ether oxygens (including phenoxy) is 1. The first-order valence-electron chi connectivity index (χ1n) is 9.22. The van der Waals surface area contributed by atoms with Gasteiger partial charge in [0.1, 0.15) is 23.1 Å². The minimum atomic E-state index is -0.575. The largest absolute Gasteiger partial charge is 0.462 e. The lowest BCUT2D eigenvalue weighted by Gasteiger charge is -2.12. The third-order valence-electron chi connectivity index (χ3n) is 4.40. The molecule has 2 heterocycles. The van der Waals surface area contributed by atoms with Crippen LogP contribution >= 0.6 is 0 Å². The molecule has 3 aromatic rings. The number of halogens is 2. The Kier molecular flexibility index (Phi) is 6.20. The Morgan fingerprint density at radius 3 is 2.63 bits per heavy atom. The number of esters is 1. The molecule has 7 nitrogen and oxygen atoms in total. The van der Waals surface area contributed by atoms with E-state index in [1.165, 1.54) is 23.0 Å². The summed E-state index contributed by atoms with van der Waals surface area (Å²) < 4.78 is 33.8. The lowest BCUT2D eigenvalue weighted by Crippen LogP contribution is -2.19. The van der Waals surface area contributed by atoms with Crippen molar-refractivity contribution in [2.24, 2.45) is 0 Å². The van der Waals surface area contributed by atoms with E-state index in [9.17, 15) is 18.4 Å². The molecule has 1 N–H and O–H groups in total. The Hall–Kier alpha value is -3.62. The molecule has 1 aromatic carbocycles. The van der Waals surface area contributed by atoms with Crippen molar-refractivity contribution >= 4 is 17.7 Å². The van der Waals surface area contributed by atoms with E-state index in [0.29, 0.717) is 17.1 Å². The predicted octanol–water partition coefficient (Wildman–Crippen LogP) is 3.65. The number of aryl methyl sites for hydroxylation is 2. The molecule has 0 fully saturated rings. The maximum atomic E-state index is 14.0. The normalized spacial score (nSPS) is 10.7. The van der Waals surface area contributed by atoms with Gasteiger partial charge in [0, 0.05) is 11.1 Å². The van der Waals surface area contributed by atoms with Crippen molar-refractivity contribution in [3.05, 3.63) is 76.2 Å². The van der Waals surface area contributed by atoms with Crippen LogP contribution in [0.25, 0.3) is 0 Å². The first-order chi connectivity index (χ1) is 14.3. The van der Waals surface area contributed by atoms with Crippen LogP contribution in [0.1, 0.15) is 44.6 Å². The van der Waals surface area contributed by atoms with Gasteiger partial charge in [-0.3, -0.25) is 4.79 Å². The summed E-state index contributed by atoms with van der Waals surface area (Å²) in [5.41, 5.74) is 1.45. The zero-order valence-corrected chi connectivity index (χ0v) is 16.7. The monoisotopic (exact) mass is 414 g/mol. The van der Waals surface area contributed by atoms with Crippen molar-refractivity contribution in [1.82, 2.24) is 14.8 Å². The van der Waals surface area contributed by atoms with Crippen LogP contribution in [0.15, 0.2) is 36.5 Å². The Bertz CT molecular complexity index is 1110. The number of nitrogens with zero attached hydrogens (tertiary/aromatic N) is 3. The molecule has 156 valence electrons. The van der Waals surface area contributed by atoms with Gasteiger partial charge < -0.3 is 10.1 Å². The zero-order valence-electron chi connectivity index (χ0n) is 16.7. The molecule has 2 aromatic heterocycles. The van der Waals surface area contributed by atoms with Crippen LogP contribution in [0.5, 0.6) is 0 Å². The topological polar surface area (TPSA) is 86.1 Å². The average Bonchev–Trinajstić information content (AvgIpc) is 3.04. The standard InChI is InChI=1S/C21H20F2N4O3/c1-4-30-21(29)16-6-8-18(25-13(16)3)20(28)26-19-12(2)10-24-27(19)11-14-9-15(22)5-7-17(14)23/h5-10H,4,11H2,1-3H3,(H,26,28). The summed E-state index contributed by atoms with van der Waals surface area (Å²) >= 11 is 0. The molecule has 0 spiro atoms. The van der Waals surface area contributed by atoms with Crippen LogP contribution in [-0.4, -0.2) is 33.2 Å². The Balaban J connectivity index is 1.82. The van der Waals surface area contributed by atoms with Gasteiger partial charge in [-0.2, -0.15) is 5.10 Å². The van der Waals surface area contributed by atoms with Crippen LogP contribution in [-0.2, 0) is 11.3 Å². The van der Waals surface area contributed by atoms with E-state index in [-0.39, 0.29) is 30.0 Å². The molecule has 0 saturated carbocycles. The van der Waals surface area contributed by atoms with Gasteiger partial charge in [-0.15, -0.1) is 0 Å². The number of carbonyl (C=O) groups excluding carboxylic acids is 2. The number of amides is 1. The van der Waals surface area contributed by atoms with Gasteiger partial charge in [0.2, 0.25) is 0 Å². The van der Waals surface area contributed by atoms with E-state index in [1.807, 2.05) is 0 Å². The van der Waals surface area contributed by atoms with Gasteiger partial charge in [-0.05, 0) is 51.1 Å². The van der Waals surface area contributed by atoms with Crippen LogP contribution in [0.3, 0.4) is 0 Å². The molecule has 0 unspecified atom stereocenters. The highest BCUT2D eigenvalue weighted by molar-refractivity contribution is 6.03. The van der Waals surface area contributed by atoms with Crippen molar-refractivity contribution in [1.29, 1.82) is 0 Å². The van der Waals surface area contributed by atoms with Crippen LogP contribution in [0, 0.1) is 25.5 Å². The molecular weight excluding hydrogens is 394 g/mol. The predicted molar refractivity (Wildman–Crippen MR) is 105 cm³/mol. The third kappa shape index (κ3) is 4.51. The van der Waals surface area contributed by atoms with Gasteiger partial charge in [-0.25, -0.2) is 23.2 Å². The number of hydrogen-bond donors (Lipinski definition) is 1. The quantitative estimate of drug-likeness (QED) is 0.623. The van der Waals surface area contributed by atoms with Crippen molar-refractivity contribution in [3.63, 3.8) is 0 Å². The molecular formula is C21H20F2N4O3. The fourth-order valence-corrected chi connectivity index (χ4v) is 2.87. The maximum absolute atomic E-state index is 14.0. The van der Waals surface area contributed by atoms with Gasteiger partial charge >= 0.3 is 5.97 Å². The molecule has 0 bridgehead atoms. The zero-order chi connectivity index (χ0) is 21.8. The summed E-state index contributed by atoms with van der Waals surface area (Å²) in [6.07, 6.45) is 1.51. The van der Waals surface area contributed by atoms with Gasteiger partial charge in [0.05, 0.1) is 30.6 Å². The summed E-state index contributed by atoms with van der Waals surface area (Å²) in [5, 5.41) is 6.83. The third-order valence-corrected chi connectivity index (χ3v) is 4.40. The van der Waals surface area contributed by atoms with Crippen molar-refractivity contribution in [2.45, 2.75) is 27.3 Å². The molecule has 3 rings (SSSR count). The van der Waals surface area contributed by atoms with Crippen LogP contribution < -0.4 is 5.32 Å². The molecule has 30 heavy (non-hydrogen) atoms. The van der Waals surface area contributed by atoms with Gasteiger partial charge in [-0.1, -0.05) is 0 Å². The van der Waals surface area contributed by atoms with Crippen molar-refractivity contribution < 1.29 is 23.1 Å². The molecule has 0 aliphatic rings. The summed E-state index contributed by atoms with van der Waals surface area (Å²) in [5.74, 6) is -1.85. The highest BCUT2D eigenvalue weighted by Crippen LogP contribution is 2.19. The lowest BCUT2D eigenvalue weighted by molar-refractivity contribution is 0.0524. The van der Waals surface area contributed by atoms with Crippen molar-refractivity contribution in [3.8, 4) is 0 Å². The first-order valence-corrected chi connectivity index (χ1v) is 9.22. The lowest BCUT2D eigenvalue weighted by atomic mass is 10.2. The SMILES string of the molecule is CCOC(=O)c1ccc(C(=O)Nc2c(C)cnn2Cc2cc(F)ccc2F)nc1C. The Labute approximate surface area is 171 Å². The molecule has 0 aliphatic carbocycles. The van der Waals surface area contributed by atoms with E-state index >= 15 is 0 Å². The fraction of sp³-hybridized carbons (Fsp3) is 0.238. The van der Waals surface area contributed by atoms with E-state index < -0.39 is 23.5 Å². The molecule has 0 saturated heterocycles. The number of carbonyl (C=O) groups is 2. The summed E-state index contributed by atoms with van der Waals surface area (Å²) in [4.78, 5) is 28.7. The Morgan fingerprint density at radius 2 is 1.93 bits per heavy atom. The number of hydrogen-bond acceptors (Lipinski definition) is 5.